The Morgan fingerprint density at radius 3 is 2.39 bits per heavy atom. The molecule has 2 N–H and O–H groups in total. The molecule has 0 aliphatic heterocycles. The van der Waals surface area contributed by atoms with Crippen molar-refractivity contribution in [3.05, 3.63) is 71.5 Å². The van der Waals surface area contributed by atoms with Crippen molar-refractivity contribution in [3.8, 4) is 0 Å². The lowest BCUT2D eigenvalue weighted by molar-refractivity contribution is -0.140. The fourth-order valence-corrected chi connectivity index (χ4v) is 4.86. The lowest BCUT2D eigenvalue weighted by Gasteiger charge is -2.17. The summed E-state index contributed by atoms with van der Waals surface area (Å²) in [5, 5.41) is 1.89. The smallest absolute Gasteiger partial charge is 0.305 e. The van der Waals surface area contributed by atoms with E-state index in [0.29, 0.717) is 6.42 Å². The van der Waals surface area contributed by atoms with E-state index in [1.807, 2.05) is 54.9 Å². The van der Waals surface area contributed by atoms with E-state index in [4.69, 9.17) is 4.74 Å². The molecule has 6 heteroatoms. The van der Waals surface area contributed by atoms with Crippen LogP contribution in [0.1, 0.15) is 41.4 Å². The van der Waals surface area contributed by atoms with Gasteiger partial charge in [0.25, 0.3) is 0 Å². The fraction of sp³-hybridized carbons (Fsp3) is 0.240. The molecule has 2 aromatic heterocycles. The summed E-state index contributed by atoms with van der Waals surface area (Å²) in [5.74, 6) is -1.41. The van der Waals surface area contributed by atoms with Gasteiger partial charge in [0.2, 0.25) is 0 Å². The molecular formula is C25H22N2O4. The quantitative estimate of drug-likeness (QED) is 0.379. The number of hydrogen-bond acceptors (Lipinski definition) is 4. The fourth-order valence-electron chi connectivity index (χ4n) is 4.86. The summed E-state index contributed by atoms with van der Waals surface area (Å²) in [6.45, 7) is 0. The molecule has 1 saturated carbocycles. The number of esters is 1. The largest absolute Gasteiger partial charge is 0.469 e. The zero-order valence-corrected chi connectivity index (χ0v) is 17.1. The number of hydrogen-bond donors (Lipinski definition) is 2. The van der Waals surface area contributed by atoms with Gasteiger partial charge in [0, 0.05) is 40.6 Å². The predicted molar refractivity (Wildman–Crippen MR) is 117 cm³/mol. The first-order valence-corrected chi connectivity index (χ1v) is 10.4. The topological polar surface area (TPSA) is 92.0 Å². The Balaban J connectivity index is 1.59. The van der Waals surface area contributed by atoms with E-state index in [1.54, 1.807) is 0 Å². The lowest BCUT2D eigenvalue weighted by atomic mass is 9.83. The van der Waals surface area contributed by atoms with Crippen molar-refractivity contribution in [3.63, 3.8) is 0 Å². The van der Waals surface area contributed by atoms with Crippen LogP contribution >= 0.6 is 0 Å². The molecule has 1 aliphatic carbocycles. The van der Waals surface area contributed by atoms with E-state index in [1.165, 1.54) is 7.11 Å². The Kier molecular flexibility index (Phi) is 4.70. The Morgan fingerprint density at radius 1 is 0.935 bits per heavy atom. The first kappa shape index (κ1) is 19.3. The highest BCUT2D eigenvalue weighted by Gasteiger charge is 2.45. The van der Waals surface area contributed by atoms with Crippen molar-refractivity contribution in [2.24, 2.45) is 0 Å². The van der Waals surface area contributed by atoms with E-state index >= 15 is 0 Å². The Morgan fingerprint density at radius 2 is 1.61 bits per heavy atom. The van der Waals surface area contributed by atoms with Gasteiger partial charge in [-0.05, 0) is 29.2 Å². The van der Waals surface area contributed by atoms with Crippen LogP contribution in [0.25, 0.3) is 21.8 Å². The second-order valence-electron chi connectivity index (χ2n) is 8.01. The van der Waals surface area contributed by atoms with E-state index in [0.717, 1.165) is 38.5 Å². The van der Waals surface area contributed by atoms with E-state index in [2.05, 4.69) is 9.97 Å². The SMILES string of the molecule is COC(=O)CCc1cccc2c([C@H]3C(=O)CC(=O)[C@@H]3c3c[nH]c4ccccc34)c[nH]c12. The maximum atomic E-state index is 13.0. The van der Waals surface area contributed by atoms with Gasteiger partial charge in [-0.15, -0.1) is 0 Å². The number of aryl methyl sites for hydroxylation is 1. The number of rotatable bonds is 5. The lowest BCUT2D eigenvalue weighted by Crippen LogP contribution is -2.13. The Labute approximate surface area is 178 Å². The molecule has 2 aromatic carbocycles. The van der Waals surface area contributed by atoms with Crippen LogP contribution in [0, 0.1) is 0 Å². The first-order chi connectivity index (χ1) is 15.1. The highest BCUT2D eigenvalue weighted by atomic mass is 16.5. The molecule has 0 unspecified atom stereocenters. The monoisotopic (exact) mass is 414 g/mol. The summed E-state index contributed by atoms with van der Waals surface area (Å²) >= 11 is 0. The number of aromatic amines is 2. The average molecular weight is 414 g/mol. The third-order valence-corrected chi connectivity index (χ3v) is 6.33. The number of aromatic nitrogens is 2. The van der Waals surface area contributed by atoms with Crippen molar-refractivity contribution < 1.29 is 19.1 Å². The van der Waals surface area contributed by atoms with Gasteiger partial charge < -0.3 is 14.7 Å². The molecule has 31 heavy (non-hydrogen) atoms. The van der Waals surface area contributed by atoms with E-state index in [9.17, 15) is 14.4 Å². The van der Waals surface area contributed by atoms with Crippen LogP contribution in [0.3, 0.4) is 0 Å². The summed E-state index contributed by atoms with van der Waals surface area (Å²) in [7, 11) is 1.38. The maximum absolute atomic E-state index is 13.0. The summed E-state index contributed by atoms with van der Waals surface area (Å²) in [6.07, 6.45) is 4.46. The standard InChI is InChI=1S/C25H22N2O4/c1-31-22(30)10-9-14-5-4-7-16-18(13-27-25(14)16)24-21(29)11-20(28)23(24)17-12-26-19-8-3-2-6-15(17)19/h2-8,12-13,23-24,26-27H,9-11H2,1H3/t23-,24-/m0/s1. The molecule has 5 rings (SSSR count). The number of fused-ring (bicyclic) bond motifs is 2. The normalized spacial score (nSPS) is 18.9. The molecule has 0 saturated heterocycles. The number of carbonyl (C=O) groups excluding carboxylic acids is 3. The minimum Gasteiger partial charge on any atom is -0.469 e. The van der Waals surface area contributed by atoms with Crippen LogP contribution in [-0.4, -0.2) is 34.6 Å². The minimum atomic E-state index is -0.531. The van der Waals surface area contributed by atoms with Crippen LogP contribution in [0.5, 0.6) is 0 Å². The molecular weight excluding hydrogens is 392 g/mol. The van der Waals surface area contributed by atoms with Crippen molar-refractivity contribution in [1.29, 1.82) is 0 Å². The molecule has 6 nitrogen and oxygen atoms in total. The second-order valence-corrected chi connectivity index (χ2v) is 8.01. The van der Waals surface area contributed by atoms with E-state index < -0.39 is 11.8 Å². The Bertz CT molecular complexity index is 1330. The summed E-state index contributed by atoms with van der Waals surface area (Å²) in [6, 6.07) is 13.7. The minimum absolute atomic E-state index is 0.0454. The van der Waals surface area contributed by atoms with Crippen LogP contribution in [-0.2, 0) is 25.5 Å². The zero-order chi connectivity index (χ0) is 21.5. The van der Waals surface area contributed by atoms with Gasteiger partial charge in [0.05, 0.1) is 25.4 Å². The van der Waals surface area contributed by atoms with Gasteiger partial charge in [0.1, 0.15) is 11.6 Å². The molecule has 0 spiro atoms. The molecule has 0 amide bonds. The molecule has 1 aliphatic rings. The van der Waals surface area contributed by atoms with Crippen molar-refractivity contribution in [2.45, 2.75) is 31.1 Å². The molecule has 156 valence electrons. The summed E-state index contributed by atoms with van der Waals surface area (Å²) < 4.78 is 4.75. The molecule has 1 fully saturated rings. The van der Waals surface area contributed by atoms with Crippen molar-refractivity contribution in [2.75, 3.05) is 7.11 Å². The Hall–Kier alpha value is -3.67. The molecule has 2 heterocycles. The van der Waals surface area contributed by atoms with Gasteiger partial charge in [-0.25, -0.2) is 0 Å². The number of nitrogens with one attached hydrogen (secondary N) is 2. The van der Waals surface area contributed by atoms with Gasteiger partial charge in [-0.2, -0.15) is 0 Å². The second kappa shape index (κ2) is 7.54. The first-order valence-electron chi connectivity index (χ1n) is 10.4. The van der Waals surface area contributed by atoms with Crippen LogP contribution in [0.15, 0.2) is 54.9 Å². The third kappa shape index (κ3) is 3.15. The van der Waals surface area contributed by atoms with Gasteiger partial charge >= 0.3 is 5.97 Å². The van der Waals surface area contributed by atoms with Gasteiger partial charge in [0.15, 0.2) is 0 Å². The van der Waals surface area contributed by atoms with Gasteiger partial charge in [-0.1, -0.05) is 36.4 Å². The van der Waals surface area contributed by atoms with Crippen molar-refractivity contribution in [1.82, 2.24) is 9.97 Å². The van der Waals surface area contributed by atoms with Crippen LogP contribution in [0.2, 0.25) is 0 Å². The van der Waals surface area contributed by atoms with Gasteiger partial charge in [-0.3, -0.25) is 14.4 Å². The highest BCUT2D eigenvalue weighted by molar-refractivity contribution is 6.15. The average Bonchev–Trinajstić information content (AvgIpc) is 3.46. The molecule has 4 aromatic rings. The molecule has 2 atom stereocenters. The third-order valence-electron chi connectivity index (χ3n) is 6.33. The number of benzene rings is 2. The number of ether oxygens (including phenoxy) is 1. The number of ketones is 2. The van der Waals surface area contributed by atoms with Crippen LogP contribution in [0.4, 0.5) is 0 Å². The number of Topliss-reactive ketones (excluding diaryl/α,β-unsaturated/α-hetero) is 2. The summed E-state index contributed by atoms with van der Waals surface area (Å²) in [4.78, 5) is 44.1. The number of methoxy groups -OCH3 is 1. The maximum Gasteiger partial charge on any atom is 0.305 e. The summed E-state index contributed by atoms with van der Waals surface area (Å²) in [5.41, 5.74) is 4.53. The van der Waals surface area contributed by atoms with E-state index in [-0.39, 0.29) is 30.4 Å². The number of para-hydroxylation sites is 2. The molecule has 0 radical (unpaired) electrons. The zero-order valence-electron chi connectivity index (χ0n) is 17.1. The highest BCUT2D eigenvalue weighted by Crippen LogP contribution is 2.45. The molecule has 0 bridgehead atoms. The van der Waals surface area contributed by atoms with Crippen molar-refractivity contribution >= 4 is 39.3 Å². The predicted octanol–water partition coefficient (Wildman–Crippen LogP) is 4.16. The number of H-pyrrole nitrogens is 2. The number of carbonyl (C=O) groups is 3. The van der Waals surface area contributed by atoms with Crippen LogP contribution < -0.4 is 0 Å².